The first-order chi connectivity index (χ1) is 4.74. The minimum absolute atomic E-state index is 0.0556. The number of aromatic nitrogens is 1. The van der Waals surface area contributed by atoms with Crippen molar-refractivity contribution in [2.45, 2.75) is 6.04 Å². The molecule has 0 bridgehead atoms. The normalized spacial score (nSPS) is 13.5. The number of nitrogens with zero attached hydrogens (tertiary/aromatic N) is 1. The minimum atomic E-state index is -0.337. The molecule has 0 saturated carbocycles. The Labute approximate surface area is 71.0 Å². The lowest BCUT2D eigenvalue weighted by Crippen LogP contribution is -2.13. The first-order valence-corrected chi connectivity index (χ1v) is 4.32. The summed E-state index contributed by atoms with van der Waals surface area (Å²) >= 11 is 4.69. The fraction of sp³-hybridized carbons (Fsp3) is 0.400. The summed E-state index contributed by atoms with van der Waals surface area (Å²) in [7, 11) is 0. The van der Waals surface area contributed by atoms with E-state index in [4.69, 9.17) is 10.8 Å². The van der Waals surface area contributed by atoms with Crippen LogP contribution in [0, 0.1) is 0 Å². The fourth-order valence-electron chi connectivity index (χ4n) is 0.516. The molecular formula is C5H7BrN2OS. The Balaban J connectivity index is 2.74. The van der Waals surface area contributed by atoms with E-state index in [-0.39, 0.29) is 12.6 Å². The molecule has 0 aromatic carbocycles. The zero-order valence-corrected chi connectivity index (χ0v) is 7.52. The molecule has 0 radical (unpaired) electrons. The Bertz CT molecular complexity index is 215. The molecule has 56 valence electrons. The number of aliphatic hydroxyl groups excluding tert-OH is 1. The molecule has 0 unspecified atom stereocenters. The zero-order valence-electron chi connectivity index (χ0n) is 5.12. The monoisotopic (exact) mass is 222 g/mol. The number of halogens is 1. The maximum atomic E-state index is 8.62. The second kappa shape index (κ2) is 3.43. The van der Waals surface area contributed by atoms with Gasteiger partial charge in [0.2, 0.25) is 0 Å². The largest absolute Gasteiger partial charge is 0.394 e. The highest BCUT2D eigenvalue weighted by molar-refractivity contribution is 9.11. The third-order valence-corrected chi connectivity index (χ3v) is 2.62. The SMILES string of the molecule is N[C@H](CO)c1ncc(Br)s1. The van der Waals surface area contributed by atoms with Crippen LogP contribution < -0.4 is 5.73 Å². The number of hydrogen-bond donors (Lipinski definition) is 2. The van der Waals surface area contributed by atoms with Crippen molar-refractivity contribution in [3.05, 3.63) is 15.0 Å². The van der Waals surface area contributed by atoms with Crippen LogP contribution in [-0.4, -0.2) is 16.7 Å². The van der Waals surface area contributed by atoms with E-state index in [1.807, 2.05) is 0 Å². The molecule has 0 amide bonds. The van der Waals surface area contributed by atoms with Crippen LogP contribution in [0.3, 0.4) is 0 Å². The molecule has 1 heterocycles. The third kappa shape index (κ3) is 1.76. The van der Waals surface area contributed by atoms with E-state index in [9.17, 15) is 0 Å². The summed E-state index contributed by atoms with van der Waals surface area (Å²) in [5, 5.41) is 9.38. The van der Waals surface area contributed by atoms with Gasteiger partial charge in [-0.2, -0.15) is 0 Å². The van der Waals surface area contributed by atoms with Crippen molar-refractivity contribution in [3.8, 4) is 0 Å². The van der Waals surface area contributed by atoms with E-state index in [2.05, 4.69) is 20.9 Å². The van der Waals surface area contributed by atoms with Crippen LogP contribution in [0.5, 0.6) is 0 Å². The molecule has 0 aliphatic carbocycles. The standard InChI is InChI=1S/C5H7BrN2OS/c6-4-1-8-5(10-4)3(7)2-9/h1,3,9H,2,7H2/t3-/m1/s1. The number of thiazole rings is 1. The van der Waals surface area contributed by atoms with Gasteiger partial charge < -0.3 is 10.8 Å². The first kappa shape index (κ1) is 8.13. The van der Waals surface area contributed by atoms with E-state index in [1.165, 1.54) is 11.3 Å². The Hall–Kier alpha value is 0.0300. The lowest BCUT2D eigenvalue weighted by Gasteiger charge is -2.00. The number of hydrogen-bond acceptors (Lipinski definition) is 4. The van der Waals surface area contributed by atoms with Gasteiger partial charge in [0.05, 0.1) is 22.6 Å². The molecule has 1 atom stereocenters. The summed E-state index contributed by atoms with van der Waals surface area (Å²) in [6.45, 7) is -0.0556. The van der Waals surface area contributed by atoms with Gasteiger partial charge in [-0.05, 0) is 15.9 Å². The molecule has 10 heavy (non-hydrogen) atoms. The fourth-order valence-corrected chi connectivity index (χ4v) is 1.75. The molecule has 0 saturated heterocycles. The zero-order chi connectivity index (χ0) is 7.56. The maximum absolute atomic E-state index is 8.62. The van der Waals surface area contributed by atoms with E-state index in [0.29, 0.717) is 0 Å². The molecule has 1 aromatic rings. The minimum Gasteiger partial charge on any atom is -0.394 e. The quantitative estimate of drug-likeness (QED) is 0.782. The van der Waals surface area contributed by atoms with Gasteiger partial charge in [0.1, 0.15) is 5.01 Å². The summed E-state index contributed by atoms with van der Waals surface area (Å²) in [5.41, 5.74) is 5.48. The molecule has 0 aliphatic rings. The average Bonchev–Trinajstić information content (AvgIpc) is 2.34. The average molecular weight is 223 g/mol. The van der Waals surface area contributed by atoms with E-state index < -0.39 is 0 Å². The molecule has 0 fully saturated rings. The second-order valence-corrected chi connectivity index (χ2v) is 4.23. The van der Waals surface area contributed by atoms with Crippen LogP contribution in [0.2, 0.25) is 0 Å². The van der Waals surface area contributed by atoms with Crippen molar-refractivity contribution in [1.29, 1.82) is 0 Å². The van der Waals surface area contributed by atoms with Crippen molar-refractivity contribution < 1.29 is 5.11 Å². The van der Waals surface area contributed by atoms with Crippen molar-refractivity contribution >= 4 is 27.3 Å². The molecule has 3 nitrogen and oxygen atoms in total. The van der Waals surface area contributed by atoms with Gasteiger partial charge in [0.25, 0.3) is 0 Å². The van der Waals surface area contributed by atoms with Gasteiger partial charge in [-0.3, -0.25) is 0 Å². The predicted molar refractivity (Wildman–Crippen MR) is 43.8 cm³/mol. The third-order valence-electron chi connectivity index (χ3n) is 1.01. The highest BCUT2D eigenvalue weighted by Gasteiger charge is 2.07. The molecule has 1 rings (SSSR count). The maximum Gasteiger partial charge on any atom is 0.113 e. The van der Waals surface area contributed by atoms with Crippen molar-refractivity contribution in [2.75, 3.05) is 6.61 Å². The van der Waals surface area contributed by atoms with Crippen LogP contribution in [0.25, 0.3) is 0 Å². The predicted octanol–water partition coefficient (Wildman–Crippen LogP) is 0.898. The van der Waals surface area contributed by atoms with Gasteiger partial charge in [-0.15, -0.1) is 11.3 Å². The summed E-state index contributed by atoms with van der Waals surface area (Å²) in [6, 6.07) is -0.337. The van der Waals surface area contributed by atoms with E-state index >= 15 is 0 Å². The summed E-state index contributed by atoms with van der Waals surface area (Å²) in [6.07, 6.45) is 1.68. The Morgan fingerprint density at radius 3 is 3.00 bits per heavy atom. The van der Waals surface area contributed by atoms with Crippen LogP contribution in [-0.2, 0) is 0 Å². The lowest BCUT2D eigenvalue weighted by molar-refractivity contribution is 0.267. The van der Waals surface area contributed by atoms with Crippen molar-refractivity contribution in [1.82, 2.24) is 4.98 Å². The molecule has 1 aromatic heterocycles. The number of aliphatic hydroxyl groups is 1. The Morgan fingerprint density at radius 1 is 1.90 bits per heavy atom. The van der Waals surface area contributed by atoms with Crippen molar-refractivity contribution in [2.24, 2.45) is 5.73 Å². The number of rotatable bonds is 2. The van der Waals surface area contributed by atoms with Gasteiger partial charge in [-0.1, -0.05) is 0 Å². The summed E-state index contributed by atoms with van der Waals surface area (Å²) in [4.78, 5) is 3.97. The molecular weight excluding hydrogens is 216 g/mol. The Kier molecular flexibility index (Phi) is 2.79. The van der Waals surface area contributed by atoms with Crippen LogP contribution in [0.15, 0.2) is 9.98 Å². The summed E-state index contributed by atoms with van der Waals surface area (Å²) in [5.74, 6) is 0. The van der Waals surface area contributed by atoms with Gasteiger partial charge in [0, 0.05) is 0 Å². The first-order valence-electron chi connectivity index (χ1n) is 2.71. The molecule has 0 aliphatic heterocycles. The lowest BCUT2D eigenvalue weighted by atomic mass is 10.4. The molecule has 5 heteroatoms. The van der Waals surface area contributed by atoms with Crippen molar-refractivity contribution in [3.63, 3.8) is 0 Å². The summed E-state index contributed by atoms with van der Waals surface area (Å²) < 4.78 is 0.936. The van der Waals surface area contributed by atoms with E-state index in [1.54, 1.807) is 6.20 Å². The molecule has 3 N–H and O–H groups in total. The smallest absolute Gasteiger partial charge is 0.113 e. The number of nitrogens with two attached hydrogens (primary N) is 1. The van der Waals surface area contributed by atoms with Gasteiger partial charge in [0.15, 0.2) is 0 Å². The molecule has 0 spiro atoms. The highest BCUT2D eigenvalue weighted by atomic mass is 79.9. The van der Waals surface area contributed by atoms with Gasteiger partial charge in [-0.25, -0.2) is 4.98 Å². The second-order valence-electron chi connectivity index (χ2n) is 1.79. The van der Waals surface area contributed by atoms with Crippen LogP contribution in [0.1, 0.15) is 11.0 Å². The van der Waals surface area contributed by atoms with E-state index in [0.717, 1.165) is 8.79 Å². The van der Waals surface area contributed by atoms with Crippen LogP contribution >= 0.6 is 27.3 Å². The topological polar surface area (TPSA) is 59.1 Å². The van der Waals surface area contributed by atoms with Crippen LogP contribution in [0.4, 0.5) is 0 Å². The van der Waals surface area contributed by atoms with Gasteiger partial charge >= 0.3 is 0 Å². The highest BCUT2D eigenvalue weighted by Crippen LogP contribution is 2.22. The Morgan fingerprint density at radius 2 is 2.60 bits per heavy atom.